The molecule has 0 fully saturated rings. The van der Waals surface area contributed by atoms with E-state index in [2.05, 4.69) is 5.18 Å². The summed E-state index contributed by atoms with van der Waals surface area (Å²) in [6, 6.07) is 0. The molecule has 1 N–H and O–H groups in total. The second-order valence-corrected chi connectivity index (χ2v) is 1.73. The van der Waals surface area contributed by atoms with Gasteiger partial charge in [0.1, 0.15) is 0 Å². The molecule has 3 heteroatoms. The van der Waals surface area contributed by atoms with E-state index >= 15 is 0 Å². The van der Waals surface area contributed by atoms with Crippen molar-refractivity contribution in [2.45, 2.75) is 32.4 Å². The van der Waals surface area contributed by atoms with Crippen molar-refractivity contribution in [3.63, 3.8) is 0 Å². The van der Waals surface area contributed by atoms with Crippen LogP contribution >= 0.6 is 0 Å². The number of rotatable bonds is 4. The van der Waals surface area contributed by atoms with E-state index in [0.717, 1.165) is 12.8 Å². The minimum atomic E-state index is -0.977. The number of hydrogen-bond donors (Lipinski definition) is 1. The normalized spacial score (nSPS) is 13.2. The van der Waals surface area contributed by atoms with Crippen molar-refractivity contribution < 1.29 is 5.11 Å². The summed E-state index contributed by atoms with van der Waals surface area (Å²) in [7, 11) is 0. The summed E-state index contributed by atoms with van der Waals surface area (Å²) in [5.74, 6) is 0. The van der Waals surface area contributed by atoms with E-state index in [1.165, 1.54) is 0 Å². The third-order valence-electron chi connectivity index (χ3n) is 0.938. The average molecular weight is 117 g/mol. The van der Waals surface area contributed by atoms with E-state index < -0.39 is 6.23 Å². The molecule has 0 aromatic heterocycles. The van der Waals surface area contributed by atoms with Crippen LogP contribution in [0, 0.1) is 4.91 Å². The average Bonchev–Trinajstić information content (AvgIpc) is 1.83. The predicted octanol–water partition coefficient (Wildman–Crippen LogP) is 1.26. The standard InChI is InChI=1S/C5H11NO2/c1-2-3-4-5(7)6-8/h5,7H,2-4H2,1H3. The fourth-order valence-corrected chi connectivity index (χ4v) is 0.439. The second kappa shape index (κ2) is 4.71. The Labute approximate surface area is 48.7 Å². The van der Waals surface area contributed by atoms with Gasteiger partial charge in [-0.15, -0.1) is 4.91 Å². The summed E-state index contributed by atoms with van der Waals surface area (Å²) in [6.07, 6.45) is 1.38. The molecule has 0 aliphatic rings. The molecule has 1 unspecified atom stereocenters. The van der Waals surface area contributed by atoms with Gasteiger partial charge in [-0.25, -0.2) is 0 Å². The fraction of sp³-hybridized carbons (Fsp3) is 1.00. The summed E-state index contributed by atoms with van der Waals surface area (Å²) in [6.45, 7) is 2.00. The number of nitroso groups, excluding NO2 is 1. The Morgan fingerprint density at radius 3 is 2.75 bits per heavy atom. The van der Waals surface area contributed by atoms with E-state index in [1.54, 1.807) is 0 Å². The van der Waals surface area contributed by atoms with E-state index in [9.17, 15) is 4.91 Å². The smallest absolute Gasteiger partial charge is 0.186 e. The quantitative estimate of drug-likeness (QED) is 0.563. The molecule has 0 rings (SSSR count). The molecule has 0 amide bonds. The van der Waals surface area contributed by atoms with Crippen LogP contribution in [0.1, 0.15) is 26.2 Å². The van der Waals surface area contributed by atoms with Gasteiger partial charge in [-0.1, -0.05) is 13.3 Å². The van der Waals surface area contributed by atoms with Gasteiger partial charge in [0.15, 0.2) is 6.23 Å². The van der Waals surface area contributed by atoms with Crippen LogP contribution in [0.2, 0.25) is 0 Å². The lowest BCUT2D eigenvalue weighted by Crippen LogP contribution is -1.99. The van der Waals surface area contributed by atoms with Crippen LogP contribution in [0.4, 0.5) is 0 Å². The van der Waals surface area contributed by atoms with Crippen LogP contribution in [0.15, 0.2) is 5.18 Å². The summed E-state index contributed by atoms with van der Waals surface area (Å²) in [5.41, 5.74) is 0. The third kappa shape index (κ3) is 3.74. The Bertz CT molecular complexity index is 65.4. The second-order valence-electron chi connectivity index (χ2n) is 1.73. The highest BCUT2D eigenvalue weighted by Gasteiger charge is 1.98. The highest BCUT2D eigenvalue weighted by molar-refractivity contribution is 4.48. The Morgan fingerprint density at radius 2 is 2.38 bits per heavy atom. The van der Waals surface area contributed by atoms with Gasteiger partial charge >= 0.3 is 0 Å². The lowest BCUT2D eigenvalue weighted by atomic mass is 10.2. The number of aliphatic hydroxyl groups excluding tert-OH is 1. The van der Waals surface area contributed by atoms with Crippen molar-refractivity contribution in [1.29, 1.82) is 0 Å². The van der Waals surface area contributed by atoms with Gasteiger partial charge in [-0.05, 0) is 18.0 Å². The van der Waals surface area contributed by atoms with E-state index in [1.807, 2.05) is 6.92 Å². The Balaban J connectivity index is 2.98. The van der Waals surface area contributed by atoms with E-state index in [4.69, 9.17) is 5.11 Å². The molecule has 0 aromatic rings. The zero-order valence-corrected chi connectivity index (χ0v) is 5.00. The minimum absolute atomic E-state index is 0.500. The molecule has 0 saturated heterocycles. The maximum Gasteiger partial charge on any atom is 0.186 e. The molecular formula is C5H11NO2. The van der Waals surface area contributed by atoms with Crippen molar-refractivity contribution in [3.8, 4) is 0 Å². The van der Waals surface area contributed by atoms with Gasteiger partial charge in [0.25, 0.3) is 0 Å². The molecule has 0 aliphatic carbocycles. The van der Waals surface area contributed by atoms with Gasteiger partial charge in [0.2, 0.25) is 0 Å². The van der Waals surface area contributed by atoms with E-state index in [-0.39, 0.29) is 0 Å². The molecule has 1 atom stereocenters. The van der Waals surface area contributed by atoms with Crippen molar-refractivity contribution in [3.05, 3.63) is 4.91 Å². The number of nitrogens with zero attached hydrogens (tertiary/aromatic N) is 1. The van der Waals surface area contributed by atoms with Crippen LogP contribution < -0.4 is 0 Å². The van der Waals surface area contributed by atoms with Gasteiger partial charge in [0.05, 0.1) is 0 Å². The predicted molar refractivity (Wildman–Crippen MR) is 31.3 cm³/mol. The molecule has 0 aromatic carbocycles. The minimum Gasteiger partial charge on any atom is -0.369 e. The van der Waals surface area contributed by atoms with Crippen molar-refractivity contribution in [2.24, 2.45) is 5.18 Å². The largest absolute Gasteiger partial charge is 0.369 e. The molecule has 48 valence electrons. The molecular weight excluding hydrogens is 106 g/mol. The van der Waals surface area contributed by atoms with E-state index in [0.29, 0.717) is 6.42 Å². The monoisotopic (exact) mass is 117 g/mol. The first kappa shape index (κ1) is 7.56. The number of hydrogen-bond acceptors (Lipinski definition) is 3. The SMILES string of the molecule is CCCCC(O)N=O. The molecule has 0 spiro atoms. The summed E-state index contributed by atoms with van der Waals surface area (Å²) >= 11 is 0. The zero-order valence-electron chi connectivity index (χ0n) is 5.00. The molecule has 3 nitrogen and oxygen atoms in total. The summed E-state index contributed by atoms with van der Waals surface area (Å²) in [4.78, 5) is 9.51. The highest BCUT2D eigenvalue weighted by atomic mass is 16.3. The van der Waals surface area contributed by atoms with Crippen molar-refractivity contribution >= 4 is 0 Å². The molecule has 0 bridgehead atoms. The van der Waals surface area contributed by atoms with Crippen molar-refractivity contribution in [2.75, 3.05) is 0 Å². The van der Waals surface area contributed by atoms with Gasteiger partial charge in [-0.3, -0.25) is 0 Å². The highest BCUT2D eigenvalue weighted by Crippen LogP contribution is 1.99. The molecule has 0 radical (unpaired) electrons. The maximum atomic E-state index is 9.51. The number of unbranched alkanes of at least 4 members (excludes halogenated alkanes) is 1. The first-order valence-electron chi connectivity index (χ1n) is 2.81. The van der Waals surface area contributed by atoms with Crippen LogP contribution in [0.3, 0.4) is 0 Å². The molecule has 0 saturated carbocycles. The third-order valence-corrected chi connectivity index (χ3v) is 0.938. The van der Waals surface area contributed by atoms with Crippen molar-refractivity contribution in [1.82, 2.24) is 0 Å². The Hall–Kier alpha value is -0.440. The van der Waals surface area contributed by atoms with Crippen LogP contribution in [0.25, 0.3) is 0 Å². The first-order valence-corrected chi connectivity index (χ1v) is 2.81. The Kier molecular flexibility index (Phi) is 4.45. The molecule has 0 heterocycles. The lowest BCUT2D eigenvalue weighted by molar-refractivity contribution is 0.169. The lowest BCUT2D eigenvalue weighted by Gasteiger charge is -1.96. The number of aliphatic hydroxyl groups is 1. The zero-order chi connectivity index (χ0) is 6.41. The van der Waals surface area contributed by atoms with Gasteiger partial charge < -0.3 is 5.11 Å². The van der Waals surface area contributed by atoms with Crippen LogP contribution in [0.5, 0.6) is 0 Å². The first-order chi connectivity index (χ1) is 3.81. The van der Waals surface area contributed by atoms with Gasteiger partial charge in [-0.2, -0.15) is 0 Å². The van der Waals surface area contributed by atoms with Crippen LogP contribution in [-0.4, -0.2) is 11.3 Å². The maximum absolute atomic E-state index is 9.51. The molecule has 0 aliphatic heterocycles. The Morgan fingerprint density at radius 1 is 1.75 bits per heavy atom. The topological polar surface area (TPSA) is 49.7 Å². The van der Waals surface area contributed by atoms with Crippen LogP contribution in [-0.2, 0) is 0 Å². The van der Waals surface area contributed by atoms with Gasteiger partial charge in [0, 0.05) is 0 Å². The summed E-state index contributed by atoms with van der Waals surface area (Å²) < 4.78 is 0. The fourth-order valence-electron chi connectivity index (χ4n) is 0.439. The summed E-state index contributed by atoms with van der Waals surface area (Å²) in [5, 5.41) is 10.9. The molecule has 8 heavy (non-hydrogen) atoms.